The van der Waals surface area contributed by atoms with Crippen molar-refractivity contribution in [2.45, 2.75) is 13.8 Å². The normalized spacial score (nSPS) is 10.3. The van der Waals surface area contributed by atoms with Crippen LogP contribution in [0.1, 0.15) is 24.2 Å². The fourth-order valence-electron chi connectivity index (χ4n) is 2.78. The van der Waals surface area contributed by atoms with E-state index in [2.05, 4.69) is 25.7 Å². The first-order chi connectivity index (χ1) is 14.6. The lowest BCUT2D eigenvalue weighted by Gasteiger charge is -2.09. The fourth-order valence-corrected chi connectivity index (χ4v) is 2.94. The van der Waals surface area contributed by atoms with E-state index in [1.54, 1.807) is 54.1 Å². The molecule has 10 heteroatoms. The molecule has 9 nitrogen and oxygen atoms in total. The molecule has 0 saturated heterocycles. The van der Waals surface area contributed by atoms with E-state index in [9.17, 15) is 4.79 Å². The van der Waals surface area contributed by atoms with Crippen LogP contribution in [0.15, 0.2) is 49.1 Å². The summed E-state index contributed by atoms with van der Waals surface area (Å²) in [6.45, 7) is 4.00. The zero-order valence-electron chi connectivity index (χ0n) is 17.0. The first-order valence-electron chi connectivity index (χ1n) is 9.31. The van der Waals surface area contributed by atoms with Crippen LogP contribution in [0.3, 0.4) is 0 Å². The first kappa shape index (κ1) is 21.1. The van der Waals surface area contributed by atoms with E-state index in [4.69, 9.17) is 16.3 Å². The van der Waals surface area contributed by atoms with Gasteiger partial charge in [0.25, 0.3) is 5.91 Å². The van der Waals surface area contributed by atoms with Crippen molar-refractivity contribution in [3.8, 4) is 11.4 Å². The van der Waals surface area contributed by atoms with E-state index in [0.29, 0.717) is 22.9 Å². The summed E-state index contributed by atoms with van der Waals surface area (Å²) in [6, 6.07) is 8.95. The number of anilines is 2. The van der Waals surface area contributed by atoms with Gasteiger partial charge in [0.2, 0.25) is 5.28 Å². The van der Waals surface area contributed by atoms with Crippen LogP contribution in [-0.4, -0.2) is 44.2 Å². The predicted octanol–water partition coefficient (Wildman–Crippen LogP) is 3.71. The summed E-state index contributed by atoms with van der Waals surface area (Å²) < 4.78 is 8.71. The van der Waals surface area contributed by atoms with Gasteiger partial charge in [0, 0.05) is 24.9 Å². The van der Waals surface area contributed by atoms with E-state index in [1.165, 1.54) is 0 Å². The van der Waals surface area contributed by atoms with E-state index in [-0.39, 0.29) is 11.2 Å². The van der Waals surface area contributed by atoms with E-state index in [1.807, 2.05) is 32.0 Å². The molecular weight excluding hydrogens is 406 g/mol. The number of ether oxygens (including phenoxy) is 1. The molecule has 3 aromatic heterocycles. The van der Waals surface area contributed by atoms with E-state index in [0.717, 1.165) is 11.2 Å². The number of aromatic nitrogens is 5. The van der Waals surface area contributed by atoms with Crippen LogP contribution in [0.2, 0.25) is 5.28 Å². The first-order valence-corrected chi connectivity index (χ1v) is 9.68. The molecule has 0 saturated carbocycles. The number of nitrogens with zero attached hydrogens (tertiary/aromatic N) is 5. The lowest BCUT2D eigenvalue weighted by molar-refractivity contribution is 0.0962. The number of imidazole rings is 1. The van der Waals surface area contributed by atoms with Gasteiger partial charge in [0.05, 0.1) is 19.0 Å². The molecule has 0 atom stereocenters. The molecule has 0 aliphatic carbocycles. The Balaban J connectivity index is 0.00000124. The number of hydrogen-bond acceptors (Lipinski definition) is 6. The number of methoxy groups -OCH3 is 1. The second-order valence-corrected chi connectivity index (χ2v) is 6.20. The molecule has 0 bridgehead atoms. The van der Waals surface area contributed by atoms with Crippen LogP contribution in [0, 0.1) is 0 Å². The minimum Gasteiger partial charge on any atom is -0.497 e. The monoisotopic (exact) mass is 427 g/mol. The van der Waals surface area contributed by atoms with Gasteiger partial charge in [-0.3, -0.25) is 4.79 Å². The lowest BCUT2D eigenvalue weighted by Crippen LogP contribution is -2.18. The molecule has 1 amide bonds. The third-order valence-corrected chi connectivity index (χ3v) is 4.27. The Morgan fingerprint density at radius 2 is 2.03 bits per heavy atom. The maximum Gasteiger partial charge on any atom is 0.251 e. The summed E-state index contributed by atoms with van der Waals surface area (Å²) in [6.07, 6.45) is 5.18. The highest BCUT2D eigenvalue weighted by atomic mass is 35.5. The summed E-state index contributed by atoms with van der Waals surface area (Å²) in [5.74, 6) is 1.45. The molecule has 3 heterocycles. The summed E-state index contributed by atoms with van der Waals surface area (Å²) in [7, 11) is 3.13. The topological polar surface area (TPSA) is 98.4 Å². The molecule has 4 aromatic rings. The Bertz CT molecular complexity index is 1170. The van der Waals surface area contributed by atoms with Crippen LogP contribution in [0.4, 0.5) is 11.6 Å². The third-order valence-electron chi connectivity index (χ3n) is 4.11. The zero-order valence-corrected chi connectivity index (χ0v) is 17.8. The number of benzene rings is 1. The maximum atomic E-state index is 12.0. The zero-order chi connectivity index (χ0) is 21.7. The van der Waals surface area contributed by atoms with Gasteiger partial charge >= 0.3 is 0 Å². The number of halogens is 1. The molecule has 0 radical (unpaired) electrons. The molecule has 1 aromatic carbocycles. The number of amides is 1. The van der Waals surface area contributed by atoms with Gasteiger partial charge in [-0.1, -0.05) is 13.8 Å². The summed E-state index contributed by atoms with van der Waals surface area (Å²) >= 11 is 5.98. The molecular formula is C20H22ClN7O2. The standard InChI is InChI=1S/C18H16ClN7O2.C2H6/c1-20-17(27)11-6-12(8-13(7-11)28-2)25-9-15(21-10-25)22-16-14-4-3-5-26(14)24-18(19)23-16;1-2/h3-10H,1-2H3,(H,20,27)(H,22,23,24);1-2H3. The van der Waals surface area contributed by atoms with Crippen molar-refractivity contribution in [2.24, 2.45) is 0 Å². The van der Waals surface area contributed by atoms with Crippen molar-refractivity contribution in [1.82, 2.24) is 29.5 Å². The molecule has 0 fully saturated rings. The summed E-state index contributed by atoms with van der Waals surface area (Å²) in [4.78, 5) is 20.6. The number of carbonyl (C=O) groups is 1. The Kier molecular flexibility index (Phi) is 6.53. The van der Waals surface area contributed by atoms with E-state index >= 15 is 0 Å². The number of carbonyl (C=O) groups excluding carboxylic acids is 1. The Morgan fingerprint density at radius 3 is 2.77 bits per heavy atom. The number of fused-ring (bicyclic) bond motifs is 1. The van der Waals surface area contributed by atoms with Crippen LogP contribution in [-0.2, 0) is 0 Å². The molecule has 30 heavy (non-hydrogen) atoms. The molecule has 0 unspecified atom stereocenters. The van der Waals surface area contributed by atoms with Gasteiger partial charge in [-0.2, -0.15) is 4.98 Å². The van der Waals surface area contributed by atoms with Crippen molar-refractivity contribution in [1.29, 1.82) is 0 Å². The number of rotatable bonds is 5. The summed E-state index contributed by atoms with van der Waals surface area (Å²) in [5, 5.41) is 9.97. The van der Waals surface area contributed by atoms with Crippen molar-refractivity contribution >= 4 is 34.7 Å². The average molecular weight is 428 g/mol. The second-order valence-electron chi connectivity index (χ2n) is 5.86. The van der Waals surface area contributed by atoms with Crippen LogP contribution in [0.25, 0.3) is 11.2 Å². The summed E-state index contributed by atoms with van der Waals surface area (Å²) in [5.41, 5.74) is 1.98. The smallest absolute Gasteiger partial charge is 0.251 e. The highest BCUT2D eigenvalue weighted by molar-refractivity contribution is 6.28. The van der Waals surface area contributed by atoms with Gasteiger partial charge < -0.3 is 19.9 Å². The molecule has 156 valence electrons. The highest BCUT2D eigenvalue weighted by Gasteiger charge is 2.11. The molecule has 2 N–H and O–H groups in total. The largest absolute Gasteiger partial charge is 0.497 e. The van der Waals surface area contributed by atoms with Gasteiger partial charge in [-0.25, -0.2) is 9.50 Å². The molecule has 0 aliphatic heterocycles. The van der Waals surface area contributed by atoms with Gasteiger partial charge in [0.15, 0.2) is 5.82 Å². The van der Waals surface area contributed by atoms with Crippen LogP contribution < -0.4 is 15.4 Å². The molecule has 4 rings (SSSR count). The second kappa shape index (κ2) is 9.27. The Hall–Kier alpha value is -3.59. The van der Waals surface area contributed by atoms with Gasteiger partial charge in [0.1, 0.15) is 23.4 Å². The minimum atomic E-state index is -0.204. The van der Waals surface area contributed by atoms with Crippen molar-refractivity contribution < 1.29 is 9.53 Å². The fraction of sp³-hybridized carbons (Fsp3) is 0.200. The third kappa shape index (κ3) is 4.36. The van der Waals surface area contributed by atoms with Crippen LogP contribution in [0.5, 0.6) is 5.75 Å². The molecule has 0 spiro atoms. The van der Waals surface area contributed by atoms with Gasteiger partial charge in [-0.15, -0.1) is 5.10 Å². The predicted molar refractivity (Wildman–Crippen MR) is 116 cm³/mol. The number of nitrogens with one attached hydrogen (secondary N) is 2. The number of hydrogen-bond donors (Lipinski definition) is 2. The van der Waals surface area contributed by atoms with Crippen molar-refractivity contribution in [3.63, 3.8) is 0 Å². The average Bonchev–Trinajstić information content (AvgIpc) is 3.43. The van der Waals surface area contributed by atoms with Gasteiger partial charge in [-0.05, 0) is 35.9 Å². The van der Waals surface area contributed by atoms with Crippen molar-refractivity contribution in [2.75, 3.05) is 19.5 Å². The quantitative estimate of drug-likeness (QED) is 0.503. The van der Waals surface area contributed by atoms with E-state index < -0.39 is 0 Å². The lowest BCUT2D eigenvalue weighted by atomic mass is 10.1. The molecule has 0 aliphatic rings. The Morgan fingerprint density at radius 1 is 1.23 bits per heavy atom. The Labute approximate surface area is 178 Å². The van der Waals surface area contributed by atoms with Crippen molar-refractivity contribution in [3.05, 3.63) is 59.9 Å². The highest BCUT2D eigenvalue weighted by Crippen LogP contribution is 2.23. The van der Waals surface area contributed by atoms with Crippen LogP contribution >= 0.6 is 11.6 Å². The maximum absolute atomic E-state index is 12.0. The minimum absolute atomic E-state index is 0.119. The SMILES string of the molecule is CC.CNC(=O)c1cc(OC)cc(-n2cnc(Nc3nc(Cl)nn4cccc34)c2)c1.